The predicted octanol–water partition coefficient (Wildman–Crippen LogP) is 11.7. The molecule has 0 amide bonds. The molecule has 1 spiro atoms. The van der Waals surface area contributed by atoms with Crippen molar-refractivity contribution in [3.8, 4) is 51.1 Å². The molecule has 2 heterocycles. The van der Waals surface area contributed by atoms with Crippen LogP contribution in [0.25, 0.3) is 45.0 Å². The molecule has 0 bridgehead atoms. The van der Waals surface area contributed by atoms with E-state index in [4.69, 9.17) is 9.97 Å². The zero-order chi connectivity index (χ0) is 34.6. The molecule has 3 aliphatic rings. The lowest BCUT2D eigenvalue weighted by atomic mass is 9.62. The molecule has 3 nitrogen and oxygen atoms in total. The Morgan fingerprint density at radius 2 is 1.15 bits per heavy atom. The van der Waals surface area contributed by atoms with Gasteiger partial charge in [0.15, 0.2) is 5.82 Å². The minimum absolute atomic E-state index is 0.178. The van der Waals surface area contributed by atoms with Crippen molar-refractivity contribution < 1.29 is 0 Å². The third-order valence-corrected chi connectivity index (χ3v) is 12.2. The van der Waals surface area contributed by atoms with Crippen molar-refractivity contribution in [1.82, 2.24) is 9.97 Å². The second-order valence-corrected chi connectivity index (χ2v) is 14.6. The van der Waals surface area contributed by atoms with E-state index in [-0.39, 0.29) is 11.8 Å². The molecular weight excluding hydrogens is 651 g/mol. The number of fused-ring (bicyclic) bond motifs is 9. The lowest BCUT2D eigenvalue weighted by Crippen LogP contribution is -2.38. The van der Waals surface area contributed by atoms with Crippen molar-refractivity contribution in [3.63, 3.8) is 0 Å². The standard InChI is InChI=1S/C48H31N3S/c49-30-35-20-12-26-41-45(35)52-46-36(23-13-27-42(46)48(41)39-24-9-7-21-37(39)38-22-8-10-25-40(38)48)33-18-11-19-34(28-33)44-29-43(31-14-3-1-4-15-31)50-47(51-44)32-16-5-2-6-17-32/h1-29,37,39H. The van der Waals surface area contributed by atoms with Crippen molar-refractivity contribution >= 4 is 11.8 Å². The van der Waals surface area contributed by atoms with E-state index in [0.717, 1.165) is 49.7 Å². The average Bonchev–Trinajstić information content (AvgIpc) is 3.52. The first-order valence-electron chi connectivity index (χ1n) is 17.6. The molecule has 1 aliphatic heterocycles. The second kappa shape index (κ2) is 12.2. The highest BCUT2D eigenvalue weighted by molar-refractivity contribution is 7.99. The number of aromatic nitrogens is 2. The van der Waals surface area contributed by atoms with Crippen LogP contribution in [0.4, 0.5) is 0 Å². The molecular formula is C48H31N3S. The summed E-state index contributed by atoms with van der Waals surface area (Å²) in [6.45, 7) is 0. The number of allylic oxidation sites excluding steroid dienone is 4. The van der Waals surface area contributed by atoms with Gasteiger partial charge in [-0.25, -0.2) is 9.97 Å². The summed E-state index contributed by atoms with van der Waals surface area (Å²) in [5, 5.41) is 10.5. The van der Waals surface area contributed by atoms with Gasteiger partial charge < -0.3 is 0 Å². The smallest absolute Gasteiger partial charge is 0.160 e. The molecule has 0 fully saturated rings. The summed E-state index contributed by atoms with van der Waals surface area (Å²) in [5.41, 5.74) is 12.5. The van der Waals surface area contributed by atoms with E-state index in [9.17, 15) is 5.26 Å². The summed E-state index contributed by atoms with van der Waals surface area (Å²) in [5.74, 6) is 1.12. The van der Waals surface area contributed by atoms with Gasteiger partial charge in [-0.05, 0) is 51.6 Å². The van der Waals surface area contributed by atoms with Gasteiger partial charge in [0.25, 0.3) is 0 Å². The van der Waals surface area contributed by atoms with Crippen LogP contribution < -0.4 is 0 Å². The minimum atomic E-state index is -0.444. The van der Waals surface area contributed by atoms with Crippen LogP contribution in [-0.4, -0.2) is 9.97 Å². The first kappa shape index (κ1) is 30.5. The molecule has 6 aromatic carbocycles. The topological polar surface area (TPSA) is 49.6 Å². The van der Waals surface area contributed by atoms with Crippen LogP contribution >= 0.6 is 11.8 Å². The van der Waals surface area contributed by atoms with Crippen LogP contribution in [0, 0.1) is 17.2 Å². The molecule has 0 saturated heterocycles. The van der Waals surface area contributed by atoms with E-state index >= 15 is 0 Å². The van der Waals surface area contributed by atoms with Crippen LogP contribution in [0.3, 0.4) is 0 Å². The molecule has 3 unspecified atom stereocenters. The Balaban J connectivity index is 1.18. The van der Waals surface area contributed by atoms with E-state index in [1.54, 1.807) is 11.8 Å². The predicted molar refractivity (Wildman–Crippen MR) is 210 cm³/mol. The summed E-state index contributed by atoms with van der Waals surface area (Å²) in [7, 11) is 0. The van der Waals surface area contributed by atoms with Gasteiger partial charge in [0.2, 0.25) is 0 Å². The van der Waals surface area contributed by atoms with Gasteiger partial charge in [-0.15, -0.1) is 0 Å². The van der Waals surface area contributed by atoms with Gasteiger partial charge in [0.05, 0.1) is 22.4 Å². The van der Waals surface area contributed by atoms with Crippen LogP contribution in [0.15, 0.2) is 186 Å². The van der Waals surface area contributed by atoms with Crippen LogP contribution in [-0.2, 0) is 5.41 Å². The van der Waals surface area contributed by atoms with Gasteiger partial charge in [0.1, 0.15) is 6.07 Å². The van der Waals surface area contributed by atoms with Crippen molar-refractivity contribution in [1.29, 1.82) is 5.26 Å². The van der Waals surface area contributed by atoms with Crippen molar-refractivity contribution in [2.75, 3.05) is 0 Å². The van der Waals surface area contributed by atoms with E-state index in [2.05, 4.69) is 140 Å². The molecule has 0 N–H and O–H groups in total. The van der Waals surface area contributed by atoms with E-state index in [1.165, 1.54) is 27.1 Å². The number of benzene rings is 6. The molecule has 10 rings (SSSR count). The number of hydrogen-bond acceptors (Lipinski definition) is 4. The van der Waals surface area contributed by atoms with E-state index in [1.807, 2.05) is 42.5 Å². The summed E-state index contributed by atoms with van der Waals surface area (Å²) in [6, 6.07) is 55.9. The molecule has 0 saturated carbocycles. The maximum atomic E-state index is 10.5. The Morgan fingerprint density at radius 3 is 1.96 bits per heavy atom. The van der Waals surface area contributed by atoms with Crippen molar-refractivity contribution in [3.05, 3.63) is 204 Å². The summed E-state index contributed by atoms with van der Waals surface area (Å²) in [4.78, 5) is 12.4. The zero-order valence-electron chi connectivity index (χ0n) is 28.1. The molecule has 3 atom stereocenters. The van der Waals surface area contributed by atoms with Crippen LogP contribution in [0.5, 0.6) is 0 Å². The van der Waals surface area contributed by atoms with Crippen molar-refractivity contribution in [2.45, 2.75) is 21.1 Å². The fraction of sp³-hybridized carbons (Fsp3) is 0.0625. The average molecular weight is 682 g/mol. The Morgan fingerprint density at radius 1 is 0.538 bits per heavy atom. The Bertz CT molecular complexity index is 2580. The monoisotopic (exact) mass is 681 g/mol. The fourth-order valence-electron chi connectivity index (χ4n) is 8.69. The van der Waals surface area contributed by atoms with E-state index in [0.29, 0.717) is 5.82 Å². The lowest BCUT2D eigenvalue weighted by molar-refractivity contribution is 0.442. The van der Waals surface area contributed by atoms with Gasteiger partial charge in [0, 0.05) is 38.3 Å². The number of hydrogen-bond donors (Lipinski definition) is 0. The first-order chi connectivity index (χ1) is 25.7. The van der Waals surface area contributed by atoms with Crippen molar-refractivity contribution in [2.24, 2.45) is 5.92 Å². The quantitative estimate of drug-likeness (QED) is 0.186. The highest BCUT2D eigenvalue weighted by Gasteiger charge is 2.56. The normalized spacial score (nSPS) is 19.0. The number of nitrogens with zero attached hydrogens (tertiary/aromatic N) is 3. The molecule has 2 aliphatic carbocycles. The van der Waals surface area contributed by atoms with Crippen LogP contribution in [0.2, 0.25) is 0 Å². The minimum Gasteiger partial charge on any atom is -0.228 e. The largest absolute Gasteiger partial charge is 0.228 e. The summed E-state index contributed by atoms with van der Waals surface area (Å²) < 4.78 is 0. The molecule has 0 radical (unpaired) electrons. The summed E-state index contributed by atoms with van der Waals surface area (Å²) in [6.07, 6.45) is 9.14. The highest BCUT2D eigenvalue weighted by atomic mass is 32.2. The Hall–Kier alpha value is -6.28. The summed E-state index contributed by atoms with van der Waals surface area (Å²) >= 11 is 1.74. The molecule has 7 aromatic rings. The molecule has 4 heteroatoms. The van der Waals surface area contributed by atoms with Gasteiger partial charge in [-0.1, -0.05) is 170 Å². The maximum absolute atomic E-state index is 10.5. The highest BCUT2D eigenvalue weighted by Crippen LogP contribution is 2.65. The molecule has 244 valence electrons. The Labute approximate surface area is 307 Å². The molecule has 52 heavy (non-hydrogen) atoms. The number of rotatable bonds is 4. The fourth-order valence-corrected chi connectivity index (χ4v) is 10.1. The third kappa shape index (κ3) is 4.60. The SMILES string of the molecule is N#Cc1cccc2c1Sc1c(-c3cccc(-c4cc(-c5ccccc5)nc(-c5ccccc5)n4)c3)cccc1C21c2ccccc2C2C=CC=CC21. The van der Waals surface area contributed by atoms with Crippen LogP contribution in [0.1, 0.15) is 33.7 Å². The Kier molecular flexibility index (Phi) is 7.16. The maximum Gasteiger partial charge on any atom is 0.160 e. The zero-order valence-corrected chi connectivity index (χ0v) is 29.0. The lowest BCUT2D eigenvalue weighted by Gasteiger charge is -2.44. The van der Waals surface area contributed by atoms with E-state index < -0.39 is 5.41 Å². The first-order valence-corrected chi connectivity index (χ1v) is 18.5. The van der Waals surface area contributed by atoms with Gasteiger partial charge in [-0.2, -0.15) is 5.26 Å². The van der Waals surface area contributed by atoms with Gasteiger partial charge >= 0.3 is 0 Å². The molecule has 1 aromatic heterocycles. The second-order valence-electron chi connectivity index (χ2n) is 13.6. The number of nitriles is 1. The third-order valence-electron chi connectivity index (χ3n) is 10.9. The van der Waals surface area contributed by atoms with Gasteiger partial charge in [-0.3, -0.25) is 0 Å².